The van der Waals surface area contributed by atoms with E-state index in [9.17, 15) is 21.2 Å². The summed E-state index contributed by atoms with van der Waals surface area (Å²) in [5.74, 6) is -0.331. The smallest absolute Gasteiger partial charge is 0.263 e. The Balaban J connectivity index is 1.75. The molecule has 1 fully saturated rings. The molecule has 10 heteroatoms. The van der Waals surface area contributed by atoms with Gasteiger partial charge < -0.3 is 0 Å². The minimum atomic E-state index is -3.91. The first-order chi connectivity index (χ1) is 14.1. The van der Waals surface area contributed by atoms with E-state index in [0.717, 1.165) is 5.56 Å². The number of nitrogens with one attached hydrogen (secondary N) is 1. The van der Waals surface area contributed by atoms with E-state index in [1.807, 2.05) is 6.92 Å². The highest BCUT2D eigenvalue weighted by Gasteiger charge is 2.32. The first-order valence-corrected chi connectivity index (χ1v) is 12.6. The molecule has 0 saturated carbocycles. The van der Waals surface area contributed by atoms with Crippen LogP contribution in [0.1, 0.15) is 18.0 Å². The Morgan fingerprint density at radius 3 is 2.37 bits per heavy atom. The van der Waals surface area contributed by atoms with Crippen LogP contribution in [0, 0.1) is 12.7 Å². The van der Waals surface area contributed by atoms with Crippen LogP contribution in [-0.4, -0.2) is 38.1 Å². The summed E-state index contributed by atoms with van der Waals surface area (Å²) in [7, 11) is -7.12. The Labute approximate surface area is 174 Å². The van der Waals surface area contributed by atoms with E-state index in [1.54, 1.807) is 12.1 Å². The summed E-state index contributed by atoms with van der Waals surface area (Å²) in [6.07, 6.45) is 0.339. The molecule has 1 aromatic heterocycles. The Morgan fingerprint density at radius 2 is 1.77 bits per heavy atom. The highest BCUT2D eigenvalue weighted by Crippen LogP contribution is 2.31. The molecule has 1 N–H and O–H groups in total. The molecule has 7 nitrogen and oxygen atoms in total. The largest absolute Gasteiger partial charge is 0.264 e. The second-order valence-electron chi connectivity index (χ2n) is 7.34. The second-order valence-corrected chi connectivity index (χ2v) is 11.3. The lowest BCUT2D eigenvalue weighted by molar-refractivity contribution is 0.507. The SMILES string of the molecule is Cc1ccc(S(=O)(=O)Nc2cc(-c3ccc(F)cc3)nn2C2CCS(=O)(=O)C2)cc1. The lowest BCUT2D eigenvalue weighted by atomic mass is 10.1. The molecule has 0 aliphatic carbocycles. The van der Waals surface area contributed by atoms with Gasteiger partial charge in [-0.2, -0.15) is 5.10 Å². The number of sulfone groups is 1. The fourth-order valence-electron chi connectivity index (χ4n) is 3.39. The molecule has 30 heavy (non-hydrogen) atoms. The Morgan fingerprint density at radius 1 is 1.10 bits per heavy atom. The summed E-state index contributed by atoms with van der Waals surface area (Å²) in [4.78, 5) is 0.0863. The second kappa shape index (κ2) is 7.51. The van der Waals surface area contributed by atoms with Crippen LogP contribution in [0.3, 0.4) is 0 Å². The summed E-state index contributed by atoms with van der Waals surface area (Å²) >= 11 is 0. The fourth-order valence-corrected chi connectivity index (χ4v) is 6.13. The van der Waals surface area contributed by atoms with Crippen molar-refractivity contribution < 1.29 is 21.2 Å². The summed E-state index contributed by atoms with van der Waals surface area (Å²) in [6, 6.07) is 13.1. The van der Waals surface area contributed by atoms with E-state index in [-0.39, 0.29) is 22.2 Å². The predicted octanol–water partition coefficient (Wildman–Crippen LogP) is 3.16. The molecule has 2 aromatic carbocycles. The van der Waals surface area contributed by atoms with Gasteiger partial charge in [-0.05, 0) is 49.7 Å². The van der Waals surface area contributed by atoms with Crippen molar-refractivity contribution in [3.05, 3.63) is 66.0 Å². The predicted molar refractivity (Wildman–Crippen MR) is 112 cm³/mol. The molecule has 0 bridgehead atoms. The lowest BCUT2D eigenvalue weighted by Gasteiger charge is -2.14. The third kappa shape index (κ3) is 4.24. The van der Waals surface area contributed by atoms with Crippen molar-refractivity contribution >= 4 is 25.7 Å². The zero-order valence-corrected chi connectivity index (χ0v) is 17.7. The van der Waals surface area contributed by atoms with Gasteiger partial charge in [0.15, 0.2) is 9.84 Å². The van der Waals surface area contributed by atoms with Crippen LogP contribution in [0.25, 0.3) is 11.3 Å². The highest BCUT2D eigenvalue weighted by atomic mass is 32.2. The number of aryl methyl sites for hydroxylation is 1. The Bertz CT molecular complexity index is 1280. The van der Waals surface area contributed by atoms with Gasteiger partial charge in [0.1, 0.15) is 11.6 Å². The van der Waals surface area contributed by atoms with Gasteiger partial charge in [-0.15, -0.1) is 0 Å². The summed E-state index contributed by atoms with van der Waals surface area (Å²) in [5, 5.41) is 4.45. The quantitative estimate of drug-likeness (QED) is 0.645. The normalized spacial score (nSPS) is 18.4. The van der Waals surface area contributed by atoms with E-state index in [4.69, 9.17) is 0 Å². The number of halogens is 1. The minimum Gasteiger partial charge on any atom is -0.264 e. The average Bonchev–Trinajstić information content (AvgIpc) is 3.25. The number of hydrogen-bond acceptors (Lipinski definition) is 5. The molecule has 1 unspecified atom stereocenters. The standard InChI is InChI=1S/C20H20FN3O4S2/c1-14-2-8-18(9-3-14)30(27,28)23-20-12-19(15-4-6-16(21)7-5-15)22-24(20)17-10-11-29(25,26)13-17/h2-9,12,17,23H,10-11,13H2,1H3. The van der Waals surface area contributed by atoms with Crippen molar-refractivity contribution in [1.29, 1.82) is 0 Å². The van der Waals surface area contributed by atoms with E-state index in [2.05, 4.69) is 9.82 Å². The van der Waals surface area contributed by atoms with Gasteiger partial charge in [-0.25, -0.2) is 25.9 Å². The van der Waals surface area contributed by atoms with Crippen LogP contribution >= 0.6 is 0 Å². The fraction of sp³-hybridized carbons (Fsp3) is 0.250. The topological polar surface area (TPSA) is 98.1 Å². The molecule has 158 valence electrons. The molecule has 0 amide bonds. The van der Waals surface area contributed by atoms with Crippen molar-refractivity contribution in [3.8, 4) is 11.3 Å². The van der Waals surface area contributed by atoms with Gasteiger partial charge >= 0.3 is 0 Å². The molecule has 2 heterocycles. The summed E-state index contributed by atoms with van der Waals surface area (Å²) < 4.78 is 66.9. The number of benzene rings is 2. The summed E-state index contributed by atoms with van der Waals surface area (Å²) in [6.45, 7) is 1.86. The van der Waals surface area contributed by atoms with Crippen molar-refractivity contribution in [1.82, 2.24) is 9.78 Å². The zero-order chi connectivity index (χ0) is 21.5. The number of sulfonamides is 1. The van der Waals surface area contributed by atoms with E-state index < -0.39 is 31.7 Å². The Kier molecular flexibility index (Phi) is 5.15. The van der Waals surface area contributed by atoms with Gasteiger partial charge in [-0.1, -0.05) is 17.7 Å². The maximum atomic E-state index is 13.3. The van der Waals surface area contributed by atoms with Crippen molar-refractivity contribution in [2.24, 2.45) is 0 Å². The average molecular weight is 450 g/mol. The van der Waals surface area contributed by atoms with Crippen LogP contribution in [-0.2, 0) is 19.9 Å². The Hall–Kier alpha value is -2.72. The van der Waals surface area contributed by atoms with Gasteiger partial charge in [0, 0.05) is 11.6 Å². The van der Waals surface area contributed by atoms with Crippen LogP contribution in [0.2, 0.25) is 0 Å². The molecular weight excluding hydrogens is 429 g/mol. The summed E-state index contributed by atoms with van der Waals surface area (Å²) in [5.41, 5.74) is 1.93. The number of hydrogen-bond donors (Lipinski definition) is 1. The number of rotatable bonds is 5. The van der Waals surface area contributed by atoms with E-state index in [1.165, 1.54) is 47.1 Å². The van der Waals surface area contributed by atoms with Crippen LogP contribution in [0.4, 0.5) is 10.2 Å². The number of aromatic nitrogens is 2. The highest BCUT2D eigenvalue weighted by molar-refractivity contribution is 7.92. The lowest BCUT2D eigenvalue weighted by Crippen LogP contribution is -2.20. The van der Waals surface area contributed by atoms with E-state index >= 15 is 0 Å². The van der Waals surface area contributed by atoms with Crippen molar-refractivity contribution in [3.63, 3.8) is 0 Å². The van der Waals surface area contributed by atoms with Crippen LogP contribution < -0.4 is 4.72 Å². The first-order valence-electron chi connectivity index (χ1n) is 9.28. The van der Waals surface area contributed by atoms with Gasteiger partial charge in [-0.3, -0.25) is 4.72 Å². The molecule has 3 aromatic rings. The van der Waals surface area contributed by atoms with Gasteiger partial charge in [0.05, 0.1) is 28.1 Å². The van der Waals surface area contributed by atoms with Crippen LogP contribution in [0.5, 0.6) is 0 Å². The third-order valence-electron chi connectivity index (χ3n) is 5.00. The molecule has 1 atom stereocenters. The third-order valence-corrected chi connectivity index (χ3v) is 8.12. The maximum absolute atomic E-state index is 13.3. The van der Waals surface area contributed by atoms with Crippen molar-refractivity contribution in [2.45, 2.75) is 24.3 Å². The molecule has 0 radical (unpaired) electrons. The molecule has 0 spiro atoms. The molecule has 1 saturated heterocycles. The number of anilines is 1. The van der Waals surface area contributed by atoms with E-state index in [0.29, 0.717) is 17.7 Å². The monoisotopic (exact) mass is 449 g/mol. The first kappa shape index (κ1) is 20.5. The molecule has 1 aliphatic heterocycles. The number of nitrogens with zero attached hydrogens (tertiary/aromatic N) is 2. The van der Waals surface area contributed by atoms with Crippen molar-refractivity contribution in [2.75, 3.05) is 16.2 Å². The van der Waals surface area contributed by atoms with Crippen LogP contribution in [0.15, 0.2) is 59.5 Å². The van der Waals surface area contributed by atoms with Gasteiger partial charge in [0.25, 0.3) is 10.0 Å². The molecule has 4 rings (SSSR count). The maximum Gasteiger partial charge on any atom is 0.263 e. The molecule has 1 aliphatic rings. The molecular formula is C20H20FN3O4S2. The van der Waals surface area contributed by atoms with Gasteiger partial charge in [0.2, 0.25) is 0 Å². The zero-order valence-electron chi connectivity index (χ0n) is 16.1. The minimum absolute atomic E-state index is 0.0214.